The van der Waals surface area contributed by atoms with Crippen molar-refractivity contribution in [2.24, 2.45) is 0 Å². The molecule has 0 aliphatic carbocycles. The summed E-state index contributed by atoms with van der Waals surface area (Å²) >= 11 is 0. The topological polar surface area (TPSA) is 71.4 Å². The minimum absolute atomic E-state index is 0.206. The third-order valence-electron chi connectivity index (χ3n) is 6.66. The van der Waals surface area contributed by atoms with Gasteiger partial charge in [-0.2, -0.15) is 13.2 Å². The Bertz CT molecular complexity index is 1450. The molecule has 0 atom stereocenters. The summed E-state index contributed by atoms with van der Waals surface area (Å²) in [5.41, 5.74) is -0.551. The van der Waals surface area contributed by atoms with Crippen molar-refractivity contribution >= 4 is 11.7 Å². The number of carbonyl (C=O) groups excluding carboxylic acids is 2. The van der Waals surface area contributed by atoms with Crippen LogP contribution in [0.25, 0.3) is 11.1 Å². The van der Waals surface area contributed by atoms with Crippen LogP contribution < -0.4 is 10.9 Å². The molecule has 206 valence electrons. The molecule has 4 rings (SSSR count). The number of alkyl halides is 4. The van der Waals surface area contributed by atoms with Gasteiger partial charge in [0.15, 0.2) is 5.78 Å². The summed E-state index contributed by atoms with van der Waals surface area (Å²) in [6.07, 6.45) is -3.89. The van der Waals surface area contributed by atoms with Crippen molar-refractivity contribution in [1.29, 1.82) is 0 Å². The number of pyridine rings is 1. The first kappa shape index (κ1) is 28.2. The molecule has 0 unspecified atom stereocenters. The highest BCUT2D eigenvalue weighted by atomic mass is 19.4. The van der Waals surface area contributed by atoms with Gasteiger partial charge in [-0.15, -0.1) is 0 Å². The summed E-state index contributed by atoms with van der Waals surface area (Å²) in [6.45, 7) is 3.68. The molecule has 1 N–H and O–H groups in total. The molecule has 1 aromatic heterocycles. The summed E-state index contributed by atoms with van der Waals surface area (Å²) in [4.78, 5) is 40.0. The molecule has 6 nitrogen and oxygen atoms in total. The Labute approximate surface area is 221 Å². The molecule has 0 radical (unpaired) electrons. The fourth-order valence-corrected chi connectivity index (χ4v) is 4.65. The number of likely N-dealkylation sites (tertiary alicyclic amines) is 1. The van der Waals surface area contributed by atoms with Gasteiger partial charge in [0, 0.05) is 32.4 Å². The van der Waals surface area contributed by atoms with E-state index in [0.29, 0.717) is 41.9 Å². The van der Waals surface area contributed by atoms with Crippen LogP contribution in [0.4, 0.5) is 22.0 Å². The highest BCUT2D eigenvalue weighted by Gasteiger charge is 2.31. The number of nitrogens with one attached hydrogen (secondary N) is 1. The molecule has 0 saturated carbocycles. The fourth-order valence-electron chi connectivity index (χ4n) is 4.65. The zero-order valence-corrected chi connectivity index (χ0v) is 21.2. The van der Waals surface area contributed by atoms with Crippen LogP contribution in [0.1, 0.15) is 37.4 Å². The number of nitrogens with zero attached hydrogens (tertiary/aromatic N) is 2. The second-order valence-electron chi connectivity index (χ2n) is 9.56. The maximum atomic E-state index is 14.6. The third-order valence-corrected chi connectivity index (χ3v) is 6.66. The first-order valence-corrected chi connectivity index (χ1v) is 12.2. The molecular weight excluding hydrogens is 521 g/mol. The number of hydrogen-bond donors (Lipinski definition) is 1. The van der Waals surface area contributed by atoms with Gasteiger partial charge in [-0.3, -0.25) is 19.3 Å². The van der Waals surface area contributed by atoms with Crippen LogP contribution in [0.2, 0.25) is 0 Å². The molecular formula is C28H26F5N3O3. The maximum Gasteiger partial charge on any atom is 0.416 e. The van der Waals surface area contributed by atoms with Crippen molar-refractivity contribution in [1.82, 2.24) is 14.8 Å². The Morgan fingerprint density at radius 2 is 1.67 bits per heavy atom. The molecule has 0 spiro atoms. The SMILES string of the molecule is Cc1cc(C(F)(F)F)cc(C)c1-c1ccc(F)c(C(=O)CNC(=O)c2cccn(CCN3CC(F)C3)c2=O)c1. The van der Waals surface area contributed by atoms with E-state index in [9.17, 15) is 36.3 Å². The van der Waals surface area contributed by atoms with Crippen molar-refractivity contribution in [2.45, 2.75) is 32.7 Å². The molecule has 39 heavy (non-hydrogen) atoms. The Balaban J connectivity index is 1.48. The number of ketones is 1. The quantitative estimate of drug-likeness (QED) is 0.332. The molecule has 1 saturated heterocycles. The Kier molecular flexibility index (Phi) is 8.01. The van der Waals surface area contributed by atoms with Gasteiger partial charge in [0.2, 0.25) is 0 Å². The third kappa shape index (κ3) is 6.25. The van der Waals surface area contributed by atoms with Gasteiger partial charge in [-0.1, -0.05) is 6.07 Å². The predicted molar refractivity (Wildman–Crippen MR) is 135 cm³/mol. The molecule has 1 aliphatic rings. The second-order valence-corrected chi connectivity index (χ2v) is 9.56. The first-order valence-electron chi connectivity index (χ1n) is 12.2. The highest BCUT2D eigenvalue weighted by molar-refractivity contribution is 6.02. The molecule has 2 heterocycles. The average Bonchev–Trinajstić information content (AvgIpc) is 2.85. The van der Waals surface area contributed by atoms with Crippen LogP contribution in [-0.4, -0.2) is 53.5 Å². The number of hydrogen-bond acceptors (Lipinski definition) is 4. The minimum Gasteiger partial charge on any atom is -0.344 e. The second kappa shape index (κ2) is 11.1. The van der Waals surface area contributed by atoms with Gasteiger partial charge in [0.25, 0.3) is 11.5 Å². The molecule has 11 heteroatoms. The van der Waals surface area contributed by atoms with Crippen molar-refractivity contribution in [2.75, 3.05) is 26.2 Å². The molecule has 1 amide bonds. The monoisotopic (exact) mass is 547 g/mol. The predicted octanol–water partition coefficient (Wildman–Crippen LogP) is 4.56. The molecule has 2 aromatic carbocycles. The number of aryl methyl sites for hydroxylation is 2. The van der Waals surface area contributed by atoms with E-state index < -0.39 is 47.5 Å². The van der Waals surface area contributed by atoms with Crippen LogP contribution in [0, 0.1) is 19.7 Å². The lowest BCUT2D eigenvalue weighted by Crippen LogP contribution is -2.49. The molecule has 3 aromatic rings. The highest BCUT2D eigenvalue weighted by Crippen LogP contribution is 2.36. The van der Waals surface area contributed by atoms with Crippen LogP contribution >= 0.6 is 0 Å². The number of benzene rings is 2. The van der Waals surface area contributed by atoms with E-state index >= 15 is 0 Å². The number of amides is 1. The van der Waals surface area contributed by atoms with E-state index in [0.717, 1.165) is 18.2 Å². The van der Waals surface area contributed by atoms with Crippen LogP contribution in [0.15, 0.2) is 53.5 Å². The first-order chi connectivity index (χ1) is 18.3. The zero-order valence-electron chi connectivity index (χ0n) is 21.2. The standard InChI is InChI=1S/C28H26F5N3O3/c1-16-10-19(28(31,32)33)11-17(2)25(16)18-5-6-23(30)22(12-18)24(37)13-34-26(38)21-4-3-7-36(27(21)39)9-8-35-14-20(29)15-35/h3-7,10-12,20H,8-9,13-15H2,1-2H3,(H,34,38). The van der Waals surface area contributed by atoms with E-state index in [2.05, 4.69) is 5.32 Å². The van der Waals surface area contributed by atoms with Gasteiger partial charge >= 0.3 is 6.18 Å². The number of Topliss-reactive ketones (excluding diaryl/α,β-unsaturated/α-hetero) is 1. The molecule has 1 fully saturated rings. The van der Waals surface area contributed by atoms with Gasteiger partial charge in [0.05, 0.1) is 17.7 Å². The number of carbonyl (C=O) groups is 2. The minimum atomic E-state index is -4.52. The molecule has 0 bridgehead atoms. The summed E-state index contributed by atoms with van der Waals surface area (Å²) in [6, 6.07) is 8.43. The van der Waals surface area contributed by atoms with Crippen molar-refractivity contribution in [3.05, 3.63) is 92.6 Å². The van der Waals surface area contributed by atoms with E-state index in [1.807, 2.05) is 4.90 Å². The van der Waals surface area contributed by atoms with Crippen molar-refractivity contribution in [3.8, 4) is 11.1 Å². The number of halogens is 5. The lowest BCUT2D eigenvalue weighted by atomic mass is 9.92. The summed E-state index contributed by atoms with van der Waals surface area (Å²) < 4.78 is 68.4. The van der Waals surface area contributed by atoms with E-state index in [1.165, 1.54) is 48.9 Å². The number of aromatic nitrogens is 1. The van der Waals surface area contributed by atoms with E-state index in [4.69, 9.17) is 0 Å². The molecule has 1 aliphatic heterocycles. The van der Waals surface area contributed by atoms with Gasteiger partial charge in [-0.05, 0) is 72.5 Å². The Morgan fingerprint density at radius 1 is 1.00 bits per heavy atom. The van der Waals surface area contributed by atoms with Gasteiger partial charge in [-0.25, -0.2) is 8.78 Å². The normalized spacial score (nSPS) is 14.2. The van der Waals surface area contributed by atoms with Gasteiger partial charge in [0.1, 0.15) is 17.6 Å². The van der Waals surface area contributed by atoms with Crippen LogP contribution in [0.5, 0.6) is 0 Å². The lowest BCUT2D eigenvalue weighted by Gasteiger charge is -2.34. The van der Waals surface area contributed by atoms with Crippen molar-refractivity contribution < 1.29 is 31.5 Å². The largest absolute Gasteiger partial charge is 0.416 e. The average molecular weight is 548 g/mol. The number of rotatable bonds is 8. The van der Waals surface area contributed by atoms with Crippen LogP contribution in [0.3, 0.4) is 0 Å². The smallest absolute Gasteiger partial charge is 0.344 e. The van der Waals surface area contributed by atoms with Gasteiger partial charge < -0.3 is 9.88 Å². The summed E-state index contributed by atoms with van der Waals surface area (Å²) in [7, 11) is 0. The maximum absolute atomic E-state index is 14.6. The fraction of sp³-hybridized carbons (Fsp3) is 0.321. The summed E-state index contributed by atoms with van der Waals surface area (Å²) in [5.74, 6) is -2.45. The Morgan fingerprint density at radius 3 is 2.28 bits per heavy atom. The van der Waals surface area contributed by atoms with E-state index in [1.54, 1.807) is 0 Å². The lowest BCUT2D eigenvalue weighted by molar-refractivity contribution is -0.137. The summed E-state index contributed by atoms with van der Waals surface area (Å²) in [5, 5.41) is 2.34. The van der Waals surface area contributed by atoms with Crippen molar-refractivity contribution in [3.63, 3.8) is 0 Å². The van der Waals surface area contributed by atoms with Crippen LogP contribution in [-0.2, 0) is 12.7 Å². The Hall–Kier alpha value is -3.86. The zero-order chi connectivity index (χ0) is 28.5. The van der Waals surface area contributed by atoms with E-state index in [-0.39, 0.29) is 17.7 Å².